The van der Waals surface area contributed by atoms with Crippen LogP contribution in [0, 0.1) is 11.3 Å². The first-order chi connectivity index (χ1) is 9.95. The molecule has 0 aromatic carbocycles. The van der Waals surface area contributed by atoms with E-state index in [4.69, 9.17) is 0 Å². The molecule has 0 bridgehead atoms. The van der Waals surface area contributed by atoms with E-state index < -0.39 is 11.4 Å². The highest BCUT2D eigenvalue weighted by Gasteiger charge is 2.44. The van der Waals surface area contributed by atoms with Crippen molar-refractivity contribution in [3.05, 3.63) is 0 Å². The minimum Gasteiger partial charge on any atom is -0.481 e. The van der Waals surface area contributed by atoms with E-state index in [0.29, 0.717) is 31.8 Å². The molecule has 3 unspecified atom stereocenters. The van der Waals surface area contributed by atoms with Crippen LogP contribution in [-0.4, -0.2) is 64.3 Å². The number of carbonyl (C=O) groups excluding carboxylic acids is 1. The van der Waals surface area contributed by atoms with E-state index in [1.807, 2.05) is 13.8 Å². The number of urea groups is 1. The number of rotatable bonds is 3. The Morgan fingerprint density at radius 3 is 2.62 bits per heavy atom. The Hall–Kier alpha value is -1.30. The van der Waals surface area contributed by atoms with E-state index in [2.05, 4.69) is 0 Å². The second-order valence-electron chi connectivity index (χ2n) is 6.46. The SMILES string of the molecule is CCC1(C(=O)O)CCCN(C(=O)N2CCC(C)C2CO)C1. The van der Waals surface area contributed by atoms with Gasteiger partial charge in [0, 0.05) is 19.6 Å². The second kappa shape index (κ2) is 6.22. The Balaban J connectivity index is 2.11. The molecule has 21 heavy (non-hydrogen) atoms. The zero-order valence-corrected chi connectivity index (χ0v) is 12.9. The molecule has 2 saturated heterocycles. The standard InChI is InChI=1S/C15H26N2O4/c1-3-15(13(19)20)6-4-7-16(10-15)14(21)17-8-5-11(2)12(17)9-18/h11-12,18H,3-10H2,1-2H3,(H,19,20). The third kappa shape index (κ3) is 2.86. The van der Waals surface area contributed by atoms with Gasteiger partial charge in [-0.3, -0.25) is 4.79 Å². The summed E-state index contributed by atoms with van der Waals surface area (Å²) >= 11 is 0. The number of aliphatic carboxylic acids is 1. The first-order valence-electron chi connectivity index (χ1n) is 7.85. The van der Waals surface area contributed by atoms with Crippen LogP contribution in [0.4, 0.5) is 4.79 Å². The minimum atomic E-state index is -0.812. The number of amides is 2. The number of aliphatic hydroxyl groups excluding tert-OH is 1. The summed E-state index contributed by atoms with van der Waals surface area (Å²) in [4.78, 5) is 27.7. The van der Waals surface area contributed by atoms with Crippen LogP contribution in [-0.2, 0) is 4.79 Å². The molecule has 2 heterocycles. The average molecular weight is 298 g/mol. The van der Waals surface area contributed by atoms with Crippen LogP contribution >= 0.6 is 0 Å². The van der Waals surface area contributed by atoms with Crippen LogP contribution < -0.4 is 0 Å². The zero-order valence-electron chi connectivity index (χ0n) is 12.9. The van der Waals surface area contributed by atoms with E-state index in [0.717, 1.165) is 12.8 Å². The van der Waals surface area contributed by atoms with Gasteiger partial charge in [-0.2, -0.15) is 0 Å². The molecule has 6 nitrogen and oxygen atoms in total. The molecule has 6 heteroatoms. The molecular weight excluding hydrogens is 272 g/mol. The van der Waals surface area contributed by atoms with Gasteiger partial charge in [0.25, 0.3) is 0 Å². The van der Waals surface area contributed by atoms with Crippen molar-refractivity contribution >= 4 is 12.0 Å². The lowest BCUT2D eigenvalue weighted by Crippen LogP contribution is -2.55. The summed E-state index contributed by atoms with van der Waals surface area (Å²) in [5.74, 6) is -0.518. The van der Waals surface area contributed by atoms with Crippen LogP contribution in [0.15, 0.2) is 0 Å². The van der Waals surface area contributed by atoms with Gasteiger partial charge in [-0.1, -0.05) is 13.8 Å². The average Bonchev–Trinajstić information content (AvgIpc) is 2.87. The number of nitrogens with zero attached hydrogens (tertiary/aromatic N) is 2. The highest BCUT2D eigenvalue weighted by atomic mass is 16.4. The van der Waals surface area contributed by atoms with Gasteiger partial charge in [0.1, 0.15) is 0 Å². The van der Waals surface area contributed by atoms with Crippen LogP contribution in [0.25, 0.3) is 0 Å². The molecule has 0 spiro atoms. The number of carboxylic acid groups (broad SMARTS) is 1. The Labute approximate surface area is 125 Å². The summed E-state index contributed by atoms with van der Waals surface area (Å²) in [5.41, 5.74) is -0.812. The van der Waals surface area contributed by atoms with Crippen LogP contribution in [0.1, 0.15) is 39.5 Å². The number of carbonyl (C=O) groups is 2. The summed E-state index contributed by atoms with van der Waals surface area (Å²) in [6.07, 6.45) is 2.77. The van der Waals surface area contributed by atoms with E-state index in [-0.39, 0.29) is 25.2 Å². The molecule has 2 amide bonds. The fraction of sp³-hybridized carbons (Fsp3) is 0.867. The quantitative estimate of drug-likeness (QED) is 0.825. The molecule has 120 valence electrons. The lowest BCUT2D eigenvalue weighted by Gasteiger charge is -2.41. The third-order valence-corrected chi connectivity index (χ3v) is 5.29. The number of piperidine rings is 1. The van der Waals surface area contributed by atoms with Gasteiger partial charge >= 0.3 is 12.0 Å². The van der Waals surface area contributed by atoms with Gasteiger partial charge < -0.3 is 20.0 Å². The van der Waals surface area contributed by atoms with Gasteiger partial charge in [0.2, 0.25) is 0 Å². The first kappa shape index (κ1) is 16.1. The summed E-state index contributed by atoms with van der Waals surface area (Å²) in [6, 6.07) is -0.252. The van der Waals surface area contributed by atoms with Crippen molar-refractivity contribution in [2.45, 2.75) is 45.6 Å². The van der Waals surface area contributed by atoms with Crippen molar-refractivity contribution < 1.29 is 19.8 Å². The molecule has 3 atom stereocenters. The highest BCUT2D eigenvalue weighted by Crippen LogP contribution is 2.35. The van der Waals surface area contributed by atoms with Gasteiger partial charge in [-0.15, -0.1) is 0 Å². The number of likely N-dealkylation sites (tertiary alicyclic amines) is 2. The molecule has 2 N–H and O–H groups in total. The fourth-order valence-electron chi connectivity index (χ4n) is 3.62. The summed E-state index contributed by atoms with van der Waals surface area (Å²) in [7, 11) is 0. The lowest BCUT2D eigenvalue weighted by molar-refractivity contribution is -0.152. The molecule has 0 radical (unpaired) electrons. The maximum absolute atomic E-state index is 12.7. The lowest BCUT2D eigenvalue weighted by atomic mass is 9.78. The molecule has 0 aliphatic carbocycles. The van der Waals surface area contributed by atoms with Crippen LogP contribution in [0.3, 0.4) is 0 Å². The number of hydrogen-bond acceptors (Lipinski definition) is 3. The van der Waals surface area contributed by atoms with Crippen molar-refractivity contribution in [1.29, 1.82) is 0 Å². The predicted molar refractivity (Wildman–Crippen MR) is 77.9 cm³/mol. The molecule has 2 fully saturated rings. The summed E-state index contributed by atoms with van der Waals surface area (Å²) in [6.45, 7) is 5.42. The van der Waals surface area contributed by atoms with Gasteiger partial charge in [0.15, 0.2) is 0 Å². The van der Waals surface area contributed by atoms with Crippen molar-refractivity contribution in [1.82, 2.24) is 9.80 Å². The molecule has 2 rings (SSSR count). The smallest absolute Gasteiger partial charge is 0.320 e. The predicted octanol–water partition coefficient (Wildman–Crippen LogP) is 1.39. The molecule has 2 aliphatic rings. The molecule has 0 aromatic rings. The van der Waals surface area contributed by atoms with Crippen LogP contribution in [0.5, 0.6) is 0 Å². The largest absolute Gasteiger partial charge is 0.481 e. The summed E-state index contributed by atoms with van der Waals surface area (Å²) < 4.78 is 0. The van der Waals surface area contributed by atoms with E-state index >= 15 is 0 Å². The van der Waals surface area contributed by atoms with Crippen molar-refractivity contribution in [2.24, 2.45) is 11.3 Å². The van der Waals surface area contributed by atoms with E-state index in [1.54, 1.807) is 9.80 Å². The topological polar surface area (TPSA) is 81.1 Å². The fourth-order valence-corrected chi connectivity index (χ4v) is 3.62. The van der Waals surface area contributed by atoms with E-state index in [1.165, 1.54) is 0 Å². The normalized spacial score (nSPS) is 33.3. The molecule has 0 aromatic heterocycles. The number of hydrogen-bond donors (Lipinski definition) is 2. The van der Waals surface area contributed by atoms with Gasteiger partial charge in [-0.25, -0.2) is 4.79 Å². The van der Waals surface area contributed by atoms with Crippen LogP contribution in [0.2, 0.25) is 0 Å². The van der Waals surface area contributed by atoms with Gasteiger partial charge in [-0.05, 0) is 31.6 Å². The molecule has 2 aliphatic heterocycles. The van der Waals surface area contributed by atoms with Crippen molar-refractivity contribution in [3.63, 3.8) is 0 Å². The zero-order chi connectivity index (χ0) is 15.6. The monoisotopic (exact) mass is 298 g/mol. The van der Waals surface area contributed by atoms with Gasteiger partial charge in [0.05, 0.1) is 18.1 Å². The Kier molecular flexibility index (Phi) is 4.76. The van der Waals surface area contributed by atoms with Crippen molar-refractivity contribution in [2.75, 3.05) is 26.2 Å². The maximum atomic E-state index is 12.7. The Bertz CT molecular complexity index is 414. The Morgan fingerprint density at radius 2 is 2.05 bits per heavy atom. The minimum absolute atomic E-state index is 0.0292. The maximum Gasteiger partial charge on any atom is 0.320 e. The first-order valence-corrected chi connectivity index (χ1v) is 7.85. The second-order valence-corrected chi connectivity index (χ2v) is 6.46. The number of carboxylic acids is 1. The van der Waals surface area contributed by atoms with Crippen molar-refractivity contribution in [3.8, 4) is 0 Å². The number of aliphatic hydroxyl groups is 1. The molecule has 0 saturated carbocycles. The highest BCUT2D eigenvalue weighted by molar-refractivity contribution is 5.79. The molecular formula is C15H26N2O4. The third-order valence-electron chi connectivity index (χ3n) is 5.29. The Morgan fingerprint density at radius 1 is 1.33 bits per heavy atom. The summed E-state index contributed by atoms with van der Waals surface area (Å²) in [5, 5.41) is 19.0. The van der Waals surface area contributed by atoms with E-state index in [9.17, 15) is 19.8 Å².